The third kappa shape index (κ3) is 5.33. The molecule has 1 saturated heterocycles. The van der Waals surface area contributed by atoms with Gasteiger partial charge in [0.2, 0.25) is 0 Å². The van der Waals surface area contributed by atoms with Gasteiger partial charge in [-0.05, 0) is 65.6 Å². The number of benzene rings is 1. The molecule has 1 fully saturated rings. The molecule has 0 unspecified atom stereocenters. The van der Waals surface area contributed by atoms with E-state index in [9.17, 15) is 18.0 Å². The Morgan fingerprint density at radius 1 is 0.971 bits per heavy atom. The van der Waals surface area contributed by atoms with Gasteiger partial charge in [0.05, 0.1) is 5.56 Å². The highest BCUT2D eigenvalue weighted by atomic mass is 28.4. The first kappa shape index (κ1) is 28.1. The molecule has 1 heterocycles. The van der Waals surface area contributed by atoms with E-state index in [2.05, 4.69) is 67.7 Å². The van der Waals surface area contributed by atoms with Crippen molar-refractivity contribution in [3.8, 4) is 0 Å². The average Bonchev–Trinajstić information content (AvgIpc) is 2.92. The third-order valence-corrected chi connectivity index (χ3v) is 17.1. The Morgan fingerprint density at radius 2 is 1.54 bits per heavy atom. The van der Waals surface area contributed by atoms with Crippen molar-refractivity contribution < 1.29 is 31.6 Å². The Bertz CT molecular complexity index is 1020. The van der Waals surface area contributed by atoms with Crippen LogP contribution in [0.2, 0.25) is 36.3 Å². The summed E-state index contributed by atoms with van der Waals surface area (Å²) in [6, 6.07) is 5.21. The zero-order chi connectivity index (χ0) is 26.8. The zero-order valence-electron chi connectivity index (χ0n) is 22.5. The number of carbonyl (C=O) groups excluding carboxylic acids is 1. The number of fused-ring (bicyclic) bond motifs is 2. The van der Waals surface area contributed by atoms with Crippen LogP contribution < -0.4 is 0 Å². The maximum atomic E-state index is 13.6. The zero-order valence-corrected chi connectivity index (χ0v) is 24.5. The fourth-order valence-corrected chi connectivity index (χ4v) is 6.67. The molecule has 196 valence electrons. The molecule has 9 heteroatoms. The van der Waals surface area contributed by atoms with Crippen LogP contribution >= 0.6 is 0 Å². The Morgan fingerprint density at radius 3 is 2.06 bits per heavy atom. The predicted molar refractivity (Wildman–Crippen MR) is 137 cm³/mol. The van der Waals surface area contributed by atoms with Crippen molar-refractivity contribution in [2.45, 2.75) is 108 Å². The summed E-state index contributed by atoms with van der Waals surface area (Å²) in [4.78, 5) is 13.3. The minimum Gasteiger partial charge on any atom is -0.457 e. The fourth-order valence-electron chi connectivity index (χ4n) is 3.96. The second kappa shape index (κ2) is 8.57. The van der Waals surface area contributed by atoms with E-state index in [1.165, 1.54) is 6.07 Å². The summed E-state index contributed by atoms with van der Waals surface area (Å²) in [7, 11) is -4.79. The van der Waals surface area contributed by atoms with Crippen LogP contribution in [0.4, 0.5) is 13.2 Å². The molecule has 0 spiro atoms. The first-order valence-electron chi connectivity index (χ1n) is 12.1. The molecule has 0 aromatic heterocycles. The van der Waals surface area contributed by atoms with E-state index in [-0.39, 0.29) is 10.1 Å². The van der Waals surface area contributed by atoms with Crippen LogP contribution in [0.3, 0.4) is 0 Å². The molecule has 0 radical (unpaired) electrons. The molecule has 1 aromatic rings. The van der Waals surface area contributed by atoms with Gasteiger partial charge < -0.3 is 13.6 Å². The van der Waals surface area contributed by atoms with Crippen LogP contribution in [0.1, 0.15) is 59.1 Å². The van der Waals surface area contributed by atoms with Gasteiger partial charge in [-0.3, -0.25) is 0 Å². The normalized spacial score (nSPS) is 26.0. The number of ether oxygens (including phenoxy) is 1. The topological polar surface area (TPSA) is 44.8 Å². The van der Waals surface area contributed by atoms with Gasteiger partial charge in [0.15, 0.2) is 22.2 Å². The molecule has 3 rings (SSSR count). The maximum absolute atomic E-state index is 13.6. The van der Waals surface area contributed by atoms with Gasteiger partial charge in [-0.1, -0.05) is 53.7 Å². The standard InChI is InChI=1S/C26H39F3O4Si2/c1-23(2,3)34(7,8)32-21-19(17-12-11-13-18(14-17)26(27,28)29)15-25(16-20(21)31-22(25)30)33-35(9,10)24(4,5)6/h11-15,20-21H,16H2,1-10H3/t20-,21-,25+/m1/s1. The Kier molecular flexibility index (Phi) is 6.89. The van der Waals surface area contributed by atoms with Crippen LogP contribution in [0.15, 0.2) is 30.3 Å². The molecule has 1 aromatic carbocycles. The van der Waals surface area contributed by atoms with Crippen molar-refractivity contribution in [2.24, 2.45) is 0 Å². The monoisotopic (exact) mass is 528 g/mol. The van der Waals surface area contributed by atoms with E-state index in [0.717, 1.165) is 12.1 Å². The van der Waals surface area contributed by atoms with Crippen LogP contribution in [0.25, 0.3) is 5.57 Å². The third-order valence-electron chi connectivity index (χ3n) is 8.14. The Labute approximate surface area is 209 Å². The van der Waals surface area contributed by atoms with E-state index in [1.54, 1.807) is 12.1 Å². The summed E-state index contributed by atoms with van der Waals surface area (Å²) >= 11 is 0. The first-order chi connectivity index (χ1) is 15.6. The number of esters is 1. The smallest absolute Gasteiger partial charge is 0.416 e. The van der Waals surface area contributed by atoms with Crippen molar-refractivity contribution in [1.29, 1.82) is 0 Å². The molecule has 0 amide bonds. The summed E-state index contributed by atoms with van der Waals surface area (Å²) in [6.45, 7) is 20.8. The quantitative estimate of drug-likeness (QED) is 0.292. The molecule has 4 nitrogen and oxygen atoms in total. The molecule has 35 heavy (non-hydrogen) atoms. The minimum absolute atomic E-state index is 0.138. The summed E-state index contributed by atoms with van der Waals surface area (Å²) < 4.78 is 59.9. The van der Waals surface area contributed by atoms with Crippen molar-refractivity contribution in [2.75, 3.05) is 0 Å². The fraction of sp³-hybridized carbons (Fsp3) is 0.654. The van der Waals surface area contributed by atoms with Gasteiger partial charge >= 0.3 is 12.1 Å². The van der Waals surface area contributed by atoms with Gasteiger partial charge in [0.25, 0.3) is 0 Å². The largest absolute Gasteiger partial charge is 0.457 e. The molecular formula is C26H39F3O4Si2. The summed E-state index contributed by atoms with van der Waals surface area (Å²) in [5.41, 5.74) is -1.17. The molecular weight excluding hydrogens is 489 g/mol. The maximum Gasteiger partial charge on any atom is 0.416 e. The lowest BCUT2D eigenvalue weighted by molar-refractivity contribution is -0.151. The highest BCUT2D eigenvalue weighted by molar-refractivity contribution is 6.74. The van der Waals surface area contributed by atoms with Crippen molar-refractivity contribution in [3.05, 3.63) is 41.5 Å². The second-order valence-electron chi connectivity index (χ2n) is 12.9. The molecule has 2 aliphatic rings. The second-order valence-corrected chi connectivity index (χ2v) is 22.4. The van der Waals surface area contributed by atoms with Gasteiger partial charge in [-0.15, -0.1) is 0 Å². The van der Waals surface area contributed by atoms with Crippen LogP contribution in [-0.4, -0.2) is 40.4 Å². The van der Waals surface area contributed by atoms with E-state index in [0.29, 0.717) is 17.6 Å². The number of hydrogen-bond donors (Lipinski definition) is 0. The van der Waals surface area contributed by atoms with E-state index in [1.807, 2.05) is 0 Å². The molecule has 3 atom stereocenters. The van der Waals surface area contributed by atoms with Crippen LogP contribution in [0.5, 0.6) is 0 Å². The average molecular weight is 529 g/mol. The van der Waals surface area contributed by atoms with Crippen molar-refractivity contribution >= 4 is 28.2 Å². The molecule has 0 N–H and O–H groups in total. The van der Waals surface area contributed by atoms with Crippen LogP contribution in [0, 0.1) is 0 Å². The SMILES string of the molecule is CC(C)(C)[Si](C)(C)O[C@@H]1C(c2cccc(C(F)(F)F)c2)=C[C@]2(O[Si](C)(C)C(C)(C)C)C[C@H]1OC2=O. The van der Waals surface area contributed by atoms with Gasteiger partial charge in [-0.25, -0.2) is 4.79 Å². The lowest BCUT2D eigenvalue weighted by Gasteiger charge is -2.45. The summed E-state index contributed by atoms with van der Waals surface area (Å²) in [5, 5.41) is -0.306. The molecule has 1 aliphatic carbocycles. The van der Waals surface area contributed by atoms with Crippen molar-refractivity contribution in [3.63, 3.8) is 0 Å². The molecule has 0 saturated carbocycles. The first-order valence-corrected chi connectivity index (χ1v) is 17.9. The van der Waals surface area contributed by atoms with E-state index in [4.69, 9.17) is 13.6 Å². The molecule has 2 bridgehead atoms. The molecule has 1 aliphatic heterocycles. The van der Waals surface area contributed by atoms with E-state index < -0.39 is 52.2 Å². The predicted octanol–water partition coefficient (Wildman–Crippen LogP) is 7.57. The van der Waals surface area contributed by atoms with Crippen LogP contribution in [-0.2, 0) is 24.6 Å². The number of alkyl halides is 3. The number of hydrogen-bond acceptors (Lipinski definition) is 4. The highest BCUT2D eigenvalue weighted by Gasteiger charge is 2.60. The Hall–Kier alpha value is -1.43. The lowest BCUT2D eigenvalue weighted by atomic mass is 9.82. The van der Waals surface area contributed by atoms with E-state index >= 15 is 0 Å². The summed E-state index contributed by atoms with van der Waals surface area (Å²) in [6.07, 6.45) is -3.79. The Balaban J connectivity index is 2.18. The van der Waals surface area contributed by atoms with Gasteiger partial charge in [0.1, 0.15) is 12.2 Å². The van der Waals surface area contributed by atoms with Crippen molar-refractivity contribution in [1.82, 2.24) is 0 Å². The van der Waals surface area contributed by atoms with Gasteiger partial charge in [-0.2, -0.15) is 13.2 Å². The van der Waals surface area contributed by atoms with Gasteiger partial charge in [0, 0.05) is 6.42 Å². The number of halogens is 3. The lowest BCUT2D eigenvalue weighted by Crippen LogP contribution is -2.53. The number of carbonyl (C=O) groups is 1. The number of rotatable bonds is 5. The summed E-state index contributed by atoms with van der Waals surface area (Å²) in [5.74, 6) is -0.488. The minimum atomic E-state index is -4.48. The highest BCUT2D eigenvalue weighted by Crippen LogP contribution is 2.50.